The largest absolute Gasteiger partial charge is 0.314 e. The highest BCUT2D eigenvalue weighted by Crippen LogP contribution is 2.40. The molecule has 1 N–H and O–H groups in total. The summed E-state index contributed by atoms with van der Waals surface area (Å²) in [5.74, 6) is -0.384. The molecule has 1 aromatic rings. The Balaban J connectivity index is 0.00000121. The first-order valence-corrected chi connectivity index (χ1v) is 7.65. The van der Waals surface area contributed by atoms with E-state index < -0.39 is 11.6 Å². The van der Waals surface area contributed by atoms with E-state index in [1.807, 2.05) is 0 Å². The Morgan fingerprint density at radius 3 is 2.05 bits per heavy atom. The molecule has 1 aromatic carbocycles. The topological polar surface area (TPSA) is 15.3 Å². The maximum absolute atomic E-state index is 13.6. The molecule has 0 amide bonds. The Labute approximate surface area is 143 Å². The predicted molar refractivity (Wildman–Crippen MR) is 90.0 cm³/mol. The molecule has 1 atom stereocenters. The molecule has 0 radical (unpaired) electrons. The molecule has 1 heterocycles. The van der Waals surface area contributed by atoms with Gasteiger partial charge >= 0.3 is 0 Å². The van der Waals surface area contributed by atoms with E-state index in [1.54, 1.807) is 0 Å². The zero-order valence-corrected chi connectivity index (χ0v) is 14.2. The van der Waals surface area contributed by atoms with Gasteiger partial charge < -0.3 is 5.32 Å². The van der Waals surface area contributed by atoms with Gasteiger partial charge in [0.1, 0.15) is 11.6 Å². The van der Waals surface area contributed by atoms with Gasteiger partial charge in [-0.15, -0.1) is 24.8 Å². The number of hydrogen-bond acceptors (Lipinski definition) is 2. The van der Waals surface area contributed by atoms with E-state index in [9.17, 15) is 8.78 Å². The lowest BCUT2D eigenvalue weighted by molar-refractivity contribution is 0.125. The van der Waals surface area contributed by atoms with Crippen molar-refractivity contribution in [3.63, 3.8) is 0 Å². The average Bonchev–Trinajstić information content (AvgIpc) is 2.93. The molecule has 2 nitrogen and oxygen atoms in total. The Hall–Kier alpha value is -0.420. The molecular weight excluding hydrogens is 329 g/mol. The second-order valence-corrected chi connectivity index (χ2v) is 5.98. The molecule has 1 saturated heterocycles. The van der Waals surface area contributed by atoms with Crippen LogP contribution < -0.4 is 5.32 Å². The summed E-state index contributed by atoms with van der Waals surface area (Å²) in [6.45, 7) is 3.83. The van der Waals surface area contributed by atoms with Gasteiger partial charge in [-0.25, -0.2) is 8.78 Å². The average molecular weight is 353 g/mol. The van der Waals surface area contributed by atoms with E-state index in [0.29, 0.717) is 5.92 Å². The van der Waals surface area contributed by atoms with Gasteiger partial charge in [0.05, 0.1) is 0 Å². The van der Waals surface area contributed by atoms with E-state index in [4.69, 9.17) is 0 Å². The molecule has 6 heteroatoms. The number of benzene rings is 1. The summed E-state index contributed by atoms with van der Waals surface area (Å²) in [6, 6.07) is 4.18. The lowest BCUT2D eigenvalue weighted by Gasteiger charge is -2.38. The van der Waals surface area contributed by atoms with Gasteiger partial charge in [-0.3, -0.25) is 4.90 Å². The van der Waals surface area contributed by atoms with Crippen molar-refractivity contribution < 1.29 is 8.78 Å². The van der Waals surface area contributed by atoms with E-state index in [-0.39, 0.29) is 30.9 Å². The summed E-state index contributed by atoms with van der Waals surface area (Å²) in [4.78, 5) is 2.40. The van der Waals surface area contributed by atoms with Crippen molar-refractivity contribution in [3.8, 4) is 0 Å². The van der Waals surface area contributed by atoms with Crippen LogP contribution in [0.1, 0.15) is 37.3 Å². The fourth-order valence-electron chi connectivity index (χ4n) is 3.76. The van der Waals surface area contributed by atoms with Crippen molar-refractivity contribution >= 4 is 24.8 Å². The molecule has 0 spiro atoms. The number of nitrogens with zero attached hydrogens (tertiary/aromatic N) is 1. The van der Waals surface area contributed by atoms with Gasteiger partial charge in [0, 0.05) is 38.3 Å². The van der Waals surface area contributed by atoms with E-state index in [2.05, 4.69) is 10.2 Å². The van der Waals surface area contributed by atoms with Gasteiger partial charge in [-0.2, -0.15) is 0 Å². The molecule has 126 valence electrons. The summed E-state index contributed by atoms with van der Waals surface area (Å²) in [5.41, 5.74) is 0.816. The highest BCUT2D eigenvalue weighted by Gasteiger charge is 2.32. The molecule has 2 aliphatic rings. The van der Waals surface area contributed by atoms with Crippen molar-refractivity contribution in [3.05, 3.63) is 35.4 Å². The van der Waals surface area contributed by atoms with Crippen molar-refractivity contribution in [2.24, 2.45) is 5.92 Å². The maximum atomic E-state index is 13.6. The summed E-state index contributed by atoms with van der Waals surface area (Å²) in [5, 5.41) is 3.34. The molecule has 0 aromatic heterocycles. The normalized spacial score (nSPS) is 21.0. The monoisotopic (exact) mass is 352 g/mol. The lowest BCUT2D eigenvalue weighted by atomic mass is 9.89. The van der Waals surface area contributed by atoms with Crippen LogP contribution in [0.15, 0.2) is 18.2 Å². The first-order valence-electron chi connectivity index (χ1n) is 7.65. The van der Waals surface area contributed by atoms with Gasteiger partial charge in [0.2, 0.25) is 0 Å². The predicted octanol–water partition coefficient (Wildman–Crippen LogP) is 3.94. The van der Waals surface area contributed by atoms with Gasteiger partial charge in [0.15, 0.2) is 0 Å². The Morgan fingerprint density at radius 1 is 0.955 bits per heavy atom. The molecule has 1 saturated carbocycles. The van der Waals surface area contributed by atoms with Crippen LogP contribution in [0, 0.1) is 17.6 Å². The molecule has 2 fully saturated rings. The first kappa shape index (κ1) is 19.6. The molecule has 1 aliphatic carbocycles. The van der Waals surface area contributed by atoms with Gasteiger partial charge in [-0.1, -0.05) is 12.8 Å². The minimum atomic E-state index is -0.460. The second-order valence-electron chi connectivity index (χ2n) is 5.98. The van der Waals surface area contributed by atoms with Crippen LogP contribution >= 0.6 is 24.8 Å². The third-order valence-electron chi connectivity index (χ3n) is 4.62. The van der Waals surface area contributed by atoms with E-state index in [1.165, 1.54) is 37.8 Å². The van der Waals surface area contributed by atoms with Crippen LogP contribution in [-0.2, 0) is 0 Å². The summed E-state index contributed by atoms with van der Waals surface area (Å²) in [7, 11) is 0. The molecule has 3 rings (SSSR count). The smallest absolute Gasteiger partial charge is 0.126 e. The van der Waals surface area contributed by atoms with Gasteiger partial charge in [0.25, 0.3) is 0 Å². The van der Waals surface area contributed by atoms with Crippen LogP contribution in [0.2, 0.25) is 0 Å². The highest BCUT2D eigenvalue weighted by molar-refractivity contribution is 5.85. The quantitative estimate of drug-likeness (QED) is 0.885. The second kappa shape index (κ2) is 9.02. The Morgan fingerprint density at radius 2 is 1.50 bits per heavy atom. The number of halogens is 4. The lowest BCUT2D eigenvalue weighted by Crippen LogP contribution is -2.46. The Kier molecular flexibility index (Phi) is 8.04. The maximum Gasteiger partial charge on any atom is 0.126 e. The zero-order chi connectivity index (χ0) is 13.9. The Bertz CT molecular complexity index is 441. The first-order chi connectivity index (χ1) is 9.74. The van der Waals surface area contributed by atoms with Crippen molar-refractivity contribution in [2.75, 3.05) is 26.2 Å². The van der Waals surface area contributed by atoms with Crippen LogP contribution in [0.3, 0.4) is 0 Å². The highest BCUT2D eigenvalue weighted by atomic mass is 35.5. The zero-order valence-electron chi connectivity index (χ0n) is 12.6. The molecule has 0 unspecified atom stereocenters. The SMILES string of the molecule is Cl.Cl.Fc1cc(F)cc([C@@H](C2CCCC2)N2CCNCC2)c1. The summed E-state index contributed by atoms with van der Waals surface area (Å²) >= 11 is 0. The summed E-state index contributed by atoms with van der Waals surface area (Å²) < 4.78 is 27.1. The van der Waals surface area contributed by atoms with Crippen molar-refractivity contribution in [2.45, 2.75) is 31.7 Å². The molecule has 22 heavy (non-hydrogen) atoms. The van der Waals surface area contributed by atoms with Crippen LogP contribution in [0.25, 0.3) is 0 Å². The third-order valence-corrected chi connectivity index (χ3v) is 4.62. The van der Waals surface area contributed by atoms with Crippen LogP contribution in [0.5, 0.6) is 0 Å². The number of nitrogens with one attached hydrogen (secondary N) is 1. The van der Waals surface area contributed by atoms with E-state index >= 15 is 0 Å². The molecule has 1 aliphatic heterocycles. The third kappa shape index (κ3) is 4.54. The minimum Gasteiger partial charge on any atom is -0.314 e. The van der Waals surface area contributed by atoms with Crippen molar-refractivity contribution in [1.29, 1.82) is 0 Å². The minimum absolute atomic E-state index is 0. The number of hydrogen-bond donors (Lipinski definition) is 1. The standard InChI is InChI=1S/C16H22F2N2.2ClH/c17-14-9-13(10-15(18)11-14)16(12-3-1-2-4-12)20-7-5-19-6-8-20;;/h9-12,16,19H,1-8H2;2*1H/t16-;;/m1../s1. The molecule has 0 bridgehead atoms. The number of rotatable bonds is 3. The fourth-order valence-corrected chi connectivity index (χ4v) is 3.76. The summed E-state index contributed by atoms with van der Waals surface area (Å²) in [6.07, 6.45) is 4.83. The van der Waals surface area contributed by atoms with Crippen molar-refractivity contribution in [1.82, 2.24) is 10.2 Å². The van der Waals surface area contributed by atoms with Gasteiger partial charge in [-0.05, 0) is 36.5 Å². The fraction of sp³-hybridized carbons (Fsp3) is 0.625. The number of piperazine rings is 1. The van der Waals surface area contributed by atoms with Crippen LogP contribution in [-0.4, -0.2) is 31.1 Å². The van der Waals surface area contributed by atoms with Crippen LogP contribution in [0.4, 0.5) is 8.78 Å². The molecular formula is C16H24Cl2F2N2. The van der Waals surface area contributed by atoms with E-state index in [0.717, 1.165) is 37.8 Å².